The first-order valence-corrected chi connectivity index (χ1v) is 5.96. The molecule has 0 unspecified atom stereocenters. The number of nitrogens with zero attached hydrogens (tertiary/aromatic N) is 2. The van der Waals surface area contributed by atoms with Crippen LogP contribution in [0.25, 0.3) is 0 Å². The van der Waals surface area contributed by atoms with E-state index < -0.39 is 4.92 Å². The minimum Gasteiger partial charge on any atom is -0.371 e. The number of hydrogen-bond donors (Lipinski definition) is 2. The van der Waals surface area contributed by atoms with Gasteiger partial charge >= 0.3 is 0 Å². The van der Waals surface area contributed by atoms with Gasteiger partial charge in [-0.2, -0.15) is 5.26 Å². The summed E-state index contributed by atoms with van der Waals surface area (Å²) in [6, 6.07) is 5.88. The first-order valence-electron chi connectivity index (χ1n) is 5.96. The van der Waals surface area contributed by atoms with Gasteiger partial charge in [0.15, 0.2) is 0 Å². The third-order valence-corrected chi connectivity index (χ3v) is 2.28. The largest absolute Gasteiger partial charge is 0.371 e. The van der Waals surface area contributed by atoms with E-state index in [0.29, 0.717) is 0 Å². The number of nitrogens with one attached hydrogen (secondary N) is 2. The monoisotopic (exact) mass is 276 g/mol. The molecule has 7 heteroatoms. The fourth-order valence-corrected chi connectivity index (χ4v) is 1.54. The summed E-state index contributed by atoms with van der Waals surface area (Å²) in [6.07, 6.45) is 0. The molecule has 0 aliphatic rings. The number of anilines is 1. The van der Waals surface area contributed by atoms with Gasteiger partial charge in [0, 0.05) is 11.6 Å². The van der Waals surface area contributed by atoms with Crippen molar-refractivity contribution < 1.29 is 9.72 Å². The Kier molecular flexibility index (Phi) is 4.64. The van der Waals surface area contributed by atoms with Gasteiger partial charge in [-0.25, -0.2) is 0 Å². The van der Waals surface area contributed by atoms with Crippen LogP contribution in [0.4, 0.5) is 11.4 Å². The predicted molar refractivity (Wildman–Crippen MR) is 74.2 cm³/mol. The maximum atomic E-state index is 11.6. The van der Waals surface area contributed by atoms with E-state index in [9.17, 15) is 14.9 Å². The second kappa shape index (κ2) is 6.02. The first-order chi connectivity index (χ1) is 9.23. The molecule has 1 aromatic carbocycles. The summed E-state index contributed by atoms with van der Waals surface area (Å²) in [5.74, 6) is -0.267. The zero-order valence-corrected chi connectivity index (χ0v) is 11.6. The van der Waals surface area contributed by atoms with E-state index in [2.05, 4.69) is 10.6 Å². The van der Waals surface area contributed by atoms with Gasteiger partial charge in [0.2, 0.25) is 5.91 Å². The molecule has 0 aliphatic heterocycles. The van der Waals surface area contributed by atoms with Crippen molar-refractivity contribution in [3.63, 3.8) is 0 Å². The molecular weight excluding hydrogens is 260 g/mol. The lowest BCUT2D eigenvalue weighted by molar-refractivity contribution is -0.384. The molecule has 20 heavy (non-hydrogen) atoms. The molecule has 0 heterocycles. The quantitative estimate of drug-likeness (QED) is 0.643. The molecule has 106 valence electrons. The SMILES string of the molecule is CC(C)(C)NC(=O)CNc1ccc(C#N)cc1[N+](=O)[O-]. The van der Waals surface area contributed by atoms with Crippen LogP contribution in [0.2, 0.25) is 0 Å². The van der Waals surface area contributed by atoms with Crippen LogP contribution in [-0.2, 0) is 4.79 Å². The van der Waals surface area contributed by atoms with Crippen molar-refractivity contribution in [1.82, 2.24) is 5.32 Å². The van der Waals surface area contributed by atoms with E-state index in [1.165, 1.54) is 18.2 Å². The van der Waals surface area contributed by atoms with Crippen molar-refractivity contribution >= 4 is 17.3 Å². The van der Waals surface area contributed by atoms with Crippen molar-refractivity contribution in [2.45, 2.75) is 26.3 Å². The van der Waals surface area contributed by atoms with E-state index in [4.69, 9.17) is 5.26 Å². The van der Waals surface area contributed by atoms with Crippen LogP contribution in [0, 0.1) is 21.4 Å². The third kappa shape index (κ3) is 4.57. The number of hydrogen-bond acceptors (Lipinski definition) is 5. The number of nitro groups is 1. The highest BCUT2D eigenvalue weighted by atomic mass is 16.6. The molecule has 0 atom stereocenters. The number of carbonyl (C=O) groups is 1. The Hall–Kier alpha value is -2.62. The van der Waals surface area contributed by atoms with E-state index in [1.54, 1.807) is 0 Å². The Balaban J connectivity index is 2.81. The molecule has 0 saturated heterocycles. The number of nitriles is 1. The molecule has 0 bridgehead atoms. The second-order valence-corrected chi connectivity index (χ2v) is 5.25. The minimum absolute atomic E-state index is 0.0794. The summed E-state index contributed by atoms with van der Waals surface area (Å²) in [7, 11) is 0. The molecule has 0 fully saturated rings. The van der Waals surface area contributed by atoms with Crippen molar-refractivity contribution in [2.24, 2.45) is 0 Å². The van der Waals surface area contributed by atoms with Gasteiger partial charge < -0.3 is 10.6 Å². The molecule has 2 N–H and O–H groups in total. The number of carbonyl (C=O) groups excluding carboxylic acids is 1. The van der Waals surface area contributed by atoms with Crippen molar-refractivity contribution in [1.29, 1.82) is 5.26 Å². The van der Waals surface area contributed by atoms with Gasteiger partial charge in [-0.1, -0.05) is 0 Å². The highest BCUT2D eigenvalue weighted by molar-refractivity contribution is 5.82. The average Bonchev–Trinajstić information content (AvgIpc) is 2.34. The van der Waals surface area contributed by atoms with Gasteiger partial charge in [0.1, 0.15) is 5.69 Å². The molecular formula is C13H16N4O3. The molecule has 1 rings (SSSR count). The van der Waals surface area contributed by atoms with Gasteiger partial charge in [-0.15, -0.1) is 0 Å². The minimum atomic E-state index is -0.592. The first kappa shape index (κ1) is 15.4. The lowest BCUT2D eigenvalue weighted by Gasteiger charge is -2.20. The summed E-state index contributed by atoms with van der Waals surface area (Å²) in [4.78, 5) is 22.0. The van der Waals surface area contributed by atoms with E-state index in [1.807, 2.05) is 26.8 Å². The van der Waals surface area contributed by atoms with E-state index >= 15 is 0 Å². The normalized spacial score (nSPS) is 10.5. The number of benzene rings is 1. The molecule has 0 aliphatic carbocycles. The van der Waals surface area contributed by atoms with Gasteiger partial charge in [-0.05, 0) is 32.9 Å². The van der Waals surface area contributed by atoms with Crippen molar-refractivity contribution in [3.8, 4) is 6.07 Å². The number of nitro benzene ring substituents is 1. The molecule has 0 radical (unpaired) electrons. The van der Waals surface area contributed by atoms with Crippen LogP contribution in [0.3, 0.4) is 0 Å². The Morgan fingerprint density at radius 3 is 2.60 bits per heavy atom. The Morgan fingerprint density at radius 2 is 2.10 bits per heavy atom. The Morgan fingerprint density at radius 1 is 1.45 bits per heavy atom. The zero-order chi connectivity index (χ0) is 15.3. The van der Waals surface area contributed by atoms with Crippen molar-refractivity contribution in [2.75, 3.05) is 11.9 Å². The summed E-state index contributed by atoms with van der Waals surface area (Å²) < 4.78 is 0. The smallest absolute Gasteiger partial charge is 0.293 e. The van der Waals surface area contributed by atoms with Crippen LogP contribution in [0.15, 0.2) is 18.2 Å². The van der Waals surface area contributed by atoms with Crippen molar-refractivity contribution in [3.05, 3.63) is 33.9 Å². The van der Waals surface area contributed by atoms with Crippen LogP contribution < -0.4 is 10.6 Å². The lowest BCUT2D eigenvalue weighted by Crippen LogP contribution is -2.43. The maximum absolute atomic E-state index is 11.6. The highest BCUT2D eigenvalue weighted by Crippen LogP contribution is 2.25. The maximum Gasteiger partial charge on any atom is 0.293 e. The summed E-state index contributed by atoms with van der Waals surface area (Å²) >= 11 is 0. The molecule has 1 aromatic rings. The molecule has 1 amide bonds. The molecule has 0 spiro atoms. The molecule has 0 saturated carbocycles. The fourth-order valence-electron chi connectivity index (χ4n) is 1.54. The molecule has 0 aromatic heterocycles. The van der Waals surface area contributed by atoms with Crippen LogP contribution >= 0.6 is 0 Å². The van der Waals surface area contributed by atoms with E-state index in [0.717, 1.165) is 0 Å². The number of rotatable bonds is 4. The summed E-state index contributed by atoms with van der Waals surface area (Å²) in [5.41, 5.74) is -0.193. The Bertz CT molecular complexity index is 570. The van der Waals surface area contributed by atoms with Crippen LogP contribution in [0.5, 0.6) is 0 Å². The Labute approximate surface area is 116 Å². The van der Waals surface area contributed by atoms with E-state index in [-0.39, 0.29) is 34.9 Å². The fraction of sp³-hybridized carbons (Fsp3) is 0.385. The highest BCUT2D eigenvalue weighted by Gasteiger charge is 2.17. The third-order valence-electron chi connectivity index (χ3n) is 2.28. The zero-order valence-electron chi connectivity index (χ0n) is 11.6. The van der Waals surface area contributed by atoms with Gasteiger partial charge in [-0.3, -0.25) is 14.9 Å². The standard InChI is InChI=1S/C13H16N4O3/c1-13(2,3)16-12(18)8-15-10-5-4-9(7-14)6-11(10)17(19)20/h4-6,15H,8H2,1-3H3,(H,16,18). The lowest BCUT2D eigenvalue weighted by atomic mass is 10.1. The summed E-state index contributed by atoms with van der Waals surface area (Å²) in [6.45, 7) is 5.45. The van der Waals surface area contributed by atoms with Gasteiger partial charge in [0.05, 0.1) is 23.1 Å². The second-order valence-electron chi connectivity index (χ2n) is 5.25. The number of amides is 1. The topological polar surface area (TPSA) is 108 Å². The average molecular weight is 276 g/mol. The van der Waals surface area contributed by atoms with Crippen LogP contribution in [0.1, 0.15) is 26.3 Å². The predicted octanol–water partition coefficient (Wildman–Crippen LogP) is 1.79. The molecule has 7 nitrogen and oxygen atoms in total. The van der Waals surface area contributed by atoms with Gasteiger partial charge in [0.25, 0.3) is 5.69 Å². The van der Waals surface area contributed by atoms with Crippen LogP contribution in [-0.4, -0.2) is 22.9 Å². The summed E-state index contributed by atoms with van der Waals surface area (Å²) in [5, 5.41) is 25.1.